The van der Waals surface area contributed by atoms with Crippen LogP contribution in [-0.4, -0.2) is 81.0 Å². The van der Waals surface area contributed by atoms with Crippen molar-refractivity contribution in [3.8, 4) is 0 Å². The molecule has 2 aliphatic rings. The van der Waals surface area contributed by atoms with Gasteiger partial charge < -0.3 is 19.7 Å². The molecule has 1 amide bonds. The highest BCUT2D eigenvalue weighted by Gasteiger charge is 2.44. The van der Waals surface area contributed by atoms with Gasteiger partial charge in [-0.3, -0.25) is 9.89 Å². The minimum absolute atomic E-state index is 0.185. The number of carbonyl (C=O) groups excluding carboxylic acids is 1. The van der Waals surface area contributed by atoms with E-state index in [1.165, 1.54) is 6.33 Å². The summed E-state index contributed by atoms with van der Waals surface area (Å²) in [5, 5.41) is 9.61. The average Bonchev–Trinajstić information content (AvgIpc) is 3.29. The van der Waals surface area contributed by atoms with Crippen LogP contribution in [0.4, 0.5) is 5.95 Å². The maximum absolute atomic E-state index is 12.6. The number of ether oxygens (including phenoxy) is 2. The Balaban J connectivity index is 1.38. The number of amides is 1. The summed E-state index contributed by atoms with van der Waals surface area (Å²) in [6, 6.07) is 1.78. The molecular formula is C16H21N7O3. The number of aromatic amines is 1. The molecule has 138 valence electrons. The topological polar surface area (TPSA) is 118 Å². The van der Waals surface area contributed by atoms with Gasteiger partial charge in [0.2, 0.25) is 11.8 Å². The van der Waals surface area contributed by atoms with E-state index in [9.17, 15) is 4.79 Å². The van der Waals surface area contributed by atoms with Crippen LogP contribution >= 0.6 is 0 Å². The van der Waals surface area contributed by atoms with Crippen LogP contribution in [0.15, 0.2) is 24.8 Å². The van der Waals surface area contributed by atoms with Gasteiger partial charge in [-0.1, -0.05) is 0 Å². The Morgan fingerprint density at radius 3 is 3.08 bits per heavy atom. The lowest BCUT2D eigenvalue weighted by atomic mass is 9.94. The summed E-state index contributed by atoms with van der Waals surface area (Å²) in [5.41, 5.74) is -0.490. The highest BCUT2D eigenvalue weighted by molar-refractivity contribution is 5.90. The normalized spacial score (nSPS) is 26.0. The van der Waals surface area contributed by atoms with Crippen molar-refractivity contribution in [3.63, 3.8) is 0 Å². The van der Waals surface area contributed by atoms with E-state index in [0.29, 0.717) is 51.3 Å². The summed E-state index contributed by atoms with van der Waals surface area (Å²) < 4.78 is 11.8. The van der Waals surface area contributed by atoms with E-state index in [0.717, 1.165) is 6.42 Å². The number of aromatic nitrogens is 5. The van der Waals surface area contributed by atoms with Gasteiger partial charge in [-0.2, -0.15) is 5.10 Å². The van der Waals surface area contributed by atoms with E-state index in [-0.39, 0.29) is 11.7 Å². The second kappa shape index (κ2) is 7.34. The smallest absolute Gasteiger partial charge is 0.291 e. The SMILES string of the molecule is O=C(c1ncn[nH]1)N1CCOCC2(CC(CNc3ncccn3)CO2)C1. The summed E-state index contributed by atoms with van der Waals surface area (Å²) in [6.45, 7) is 3.25. The molecule has 2 saturated heterocycles. The van der Waals surface area contributed by atoms with Crippen LogP contribution in [-0.2, 0) is 9.47 Å². The number of nitrogens with one attached hydrogen (secondary N) is 2. The predicted molar refractivity (Wildman–Crippen MR) is 90.4 cm³/mol. The first-order valence-corrected chi connectivity index (χ1v) is 8.61. The van der Waals surface area contributed by atoms with E-state index in [1.54, 1.807) is 23.4 Å². The predicted octanol–water partition coefficient (Wildman–Crippen LogP) is -0.0455. The van der Waals surface area contributed by atoms with Gasteiger partial charge in [-0.15, -0.1) is 0 Å². The zero-order chi connectivity index (χ0) is 17.8. The van der Waals surface area contributed by atoms with Crippen LogP contribution in [0.25, 0.3) is 0 Å². The average molecular weight is 359 g/mol. The van der Waals surface area contributed by atoms with E-state index in [2.05, 4.69) is 30.5 Å². The summed E-state index contributed by atoms with van der Waals surface area (Å²) in [7, 11) is 0. The Bertz CT molecular complexity index is 727. The molecule has 2 atom stereocenters. The van der Waals surface area contributed by atoms with Gasteiger partial charge in [0.15, 0.2) is 0 Å². The first kappa shape index (κ1) is 16.9. The van der Waals surface area contributed by atoms with Crippen molar-refractivity contribution < 1.29 is 14.3 Å². The van der Waals surface area contributed by atoms with Gasteiger partial charge in [0.05, 0.1) is 26.4 Å². The molecule has 26 heavy (non-hydrogen) atoms. The minimum Gasteiger partial charge on any atom is -0.377 e. The van der Waals surface area contributed by atoms with Crippen molar-refractivity contribution in [3.05, 3.63) is 30.6 Å². The Labute approximate surface area is 150 Å². The fourth-order valence-electron chi connectivity index (χ4n) is 3.44. The maximum atomic E-state index is 12.6. The minimum atomic E-state index is -0.490. The lowest BCUT2D eigenvalue weighted by Gasteiger charge is -2.30. The fraction of sp³-hybridized carbons (Fsp3) is 0.562. The van der Waals surface area contributed by atoms with Crippen LogP contribution in [0.3, 0.4) is 0 Å². The summed E-state index contributed by atoms with van der Waals surface area (Å²) in [4.78, 5) is 26.6. The number of anilines is 1. The molecule has 1 spiro atoms. The zero-order valence-electron chi connectivity index (χ0n) is 14.3. The molecule has 0 bridgehead atoms. The van der Waals surface area contributed by atoms with Crippen LogP contribution in [0.2, 0.25) is 0 Å². The molecular weight excluding hydrogens is 338 g/mol. The van der Waals surface area contributed by atoms with E-state index >= 15 is 0 Å². The van der Waals surface area contributed by atoms with Crippen LogP contribution < -0.4 is 5.32 Å². The fourth-order valence-corrected chi connectivity index (χ4v) is 3.44. The molecule has 0 aromatic carbocycles. The molecule has 2 aliphatic heterocycles. The number of rotatable bonds is 4. The Morgan fingerprint density at radius 2 is 2.27 bits per heavy atom. The third-order valence-corrected chi connectivity index (χ3v) is 4.66. The highest BCUT2D eigenvalue weighted by Crippen LogP contribution is 2.33. The zero-order valence-corrected chi connectivity index (χ0v) is 14.3. The molecule has 2 aromatic heterocycles. The molecule has 2 fully saturated rings. The maximum Gasteiger partial charge on any atom is 0.291 e. The van der Waals surface area contributed by atoms with Gasteiger partial charge >= 0.3 is 0 Å². The largest absolute Gasteiger partial charge is 0.377 e. The standard InChI is InChI=1S/C16H21N7O3/c24-14(13-20-11-21-22-13)23-4-5-25-10-16(9-23)6-12(8-26-16)7-19-15-17-2-1-3-18-15/h1-3,11-12H,4-10H2,(H,17,18,19)(H,20,21,22). The molecule has 0 radical (unpaired) electrons. The molecule has 0 saturated carbocycles. The highest BCUT2D eigenvalue weighted by atomic mass is 16.5. The van der Waals surface area contributed by atoms with Crippen LogP contribution in [0.5, 0.6) is 0 Å². The number of H-pyrrole nitrogens is 1. The second-order valence-electron chi connectivity index (χ2n) is 6.63. The number of hydrogen-bond donors (Lipinski definition) is 2. The van der Waals surface area contributed by atoms with E-state index < -0.39 is 5.60 Å². The van der Waals surface area contributed by atoms with Gasteiger partial charge in [0.25, 0.3) is 5.91 Å². The molecule has 2 unspecified atom stereocenters. The lowest BCUT2D eigenvalue weighted by molar-refractivity contribution is -0.0539. The summed E-state index contributed by atoms with van der Waals surface area (Å²) in [5.74, 6) is 0.949. The van der Waals surface area contributed by atoms with Gasteiger partial charge in [-0.05, 0) is 12.5 Å². The molecule has 2 N–H and O–H groups in total. The van der Waals surface area contributed by atoms with Crippen molar-refractivity contribution in [2.24, 2.45) is 5.92 Å². The molecule has 4 heterocycles. The second-order valence-corrected chi connectivity index (χ2v) is 6.63. The van der Waals surface area contributed by atoms with Crippen molar-refractivity contribution in [1.29, 1.82) is 0 Å². The first-order chi connectivity index (χ1) is 12.7. The van der Waals surface area contributed by atoms with Crippen molar-refractivity contribution >= 4 is 11.9 Å². The molecule has 10 nitrogen and oxygen atoms in total. The van der Waals surface area contributed by atoms with Crippen molar-refractivity contribution in [2.75, 3.05) is 44.8 Å². The molecule has 0 aliphatic carbocycles. The quantitative estimate of drug-likeness (QED) is 0.780. The molecule has 10 heteroatoms. The lowest BCUT2D eigenvalue weighted by Crippen LogP contribution is -2.46. The Hall–Kier alpha value is -2.59. The Kier molecular flexibility index (Phi) is 4.76. The van der Waals surface area contributed by atoms with Crippen LogP contribution in [0.1, 0.15) is 17.0 Å². The number of nitrogens with zero attached hydrogens (tertiary/aromatic N) is 5. The van der Waals surface area contributed by atoms with Gasteiger partial charge in [-0.25, -0.2) is 15.0 Å². The van der Waals surface area contributed by atoms with Crippen molar-refractivity contribution in [1.82, 2.24) is 30.0 Å². The molecule has 4 rings (SSSR count). The number of carbonyl (C=O) groups is 1. The van der Waals surface area contributed by atoms with Gasteiger partial charge in [0.1, 0.15) is 11.9 Å². The van der Waals surface area contributed by atoms with Gasteiger partial charge in [0, 0.05) is 31.4 Å². The molecule has 2 aromatic rings. The van der Waals surface area contributed by atoms with E-state index in [1.807, 2.05) is 0 Å². The van der Waals surface area contributed by atoms with E-state index in [4.69, 9.17) is 9.47 Å². The third kappa shape index (κ3) is 3.65. The monoisotopic (exact) mass is 359 g/mol. The summed E-state index contributed by atoms with van der Waals surface area (Å²) >= 11 is 0. The third-order valence-electron chi connectivity index (χ3n) is 4.66. The Morgan fingerprint density at radius 1 is 1.38 bits per heavy atom. The summed E-state index contributed by atoms with van der Waals surface area (Å²) in [6.07, 6.45) is 5.53. The van der Waals surface area contributed by atoms with Crippen LogP contribution in [0, 0.1) is 5.92 Å². The first-order valence-electron chi connectivity index (χ1n) is 8.61. The number of hydrogen-bond acceptors (Lipinski definition) is 8. The van der Waals surface area contributed by atoms with Crippen molar-refractivity contribution in [2.45, 2.75) is 12.0 Å².